The first-order valence-corrected chi connectivity index (χ1v) is 11.4. The summed E-state index contributed by atoms with van der Waals surface area (Å²) in [5.41, 5.74) is 3.15. The fourth-order valence-electron chi connectivity index (χ4n) is 4.38. The Balaban J connectivity index is 1.60. The number of methoxy groups -OCH3 is 3. The third kappa shape index (κ3) is 4.23. The Bertz CT molecular complexity index is 1450. The summed E-state index contributed by atoms with van der Waals surface area (Å²) in [6.45, 7) is 0.632. The number of hydrogen-bond acceptors (Lipinski definition) is 6. The number of para-hydroxylation sites is 1. The van der Waals surface area contributed by atoms with Crippen LogP contribution in [-0.2, 0) is 13.0 Å². The zero-order valence-corrected chi connectivity index (χ0v) is 20.3. The van der Waals surface area contributed by atoms with Gasteiger partial charge in [0, 0.05) is 41.2 Å². The van der Waals surface area contributed by atoms with Crippen molar-refractivity contribution in [1.29, 1.82) is 0 Å². The van der Waals surface area contributed by atoms with Gasteiger partial charge >= 0.3 is 0 Å². The van der Waals surface area contributed by atoms with Crippen LogP contribution in [0.2, 0.25) is 5.02 Å². The fraction of sp³-hybridized carbons (Fsp3) is 0.222. The van der Waals surface area contributed by atoms with Crippen LogP contribution in [0.25, 0.3) is 10.9 Å². The molecule has 0 fully saturated rings. The minimum Gasteiger partial charge on any atom is -0.493 e. The summed E-state index contributed by atoms with van der Waals surface area (Å²) in [5, 5.41) is 1.21. The standard InChI is InChI=1S/C27H24ClNO6/c1-31-24-9-16(10-25(32-2)27(24)33-3)8-18-14-29(21-7-5-4-6-19(21)26(18)30)13-17-11-22-23(12-20(17)28)35-15-34-22/h4-7,9-12,14H,8,13,15H2,1-3H3. The number of aromatic nitrogens is 1. The highest BCUT2D eigenvalue weighted by Crippen LogP contribution is 2.39. The molecule has 7 nitrogen and oxygen atoms in total. The summed E-state index contributed by atoms with van der Waals surface area (Å²) in [6.07, 6.45) is 2.27. The van der Waals surface area contributed by atoms with Crippen molar-refractivity contribution < 1.29 is 23.7 Å². The van der Waals surface area contributed by atoms with Gasteiger partial charge in [0.15, 0.2) is 28.4 Å². The van der Waals surface area contributed by atoms with Crippen LogP contribution in [0.15, 0.2) is 59.5 Å². The fourth-order valence-corrected chi connectivity index (χ4v) is 4.60. The smallest absolute Gasteiger partial charge is 0.231 e. The second-order valence-corrected chi connectivity index (χ2v) is 8.54. The Morgan fingerprint density at radius 3 is 2.29 bits per heavy atom. The van der Waals surface area contributed by atoms with E-state index in [2.05, 4.69) is 0 Å². The van der Waals surface area contributed by atoms with Crippen molar-refractivity contribution in [3.63, 3.8) is 0 Å². The van der Waals surface area contributed by atoms with Gasteiger partial charge < -0.3 is 28.3 Å². The van der Waals surface area contributed by atoms with Crippen molar-refractivity contribution in [2.24, 2.45) is 0 Å². The Kier molecular flexibility index (Phi) is 6.17. The van der Waals surface area contributed by atoms with E-state index < -0.39 is 0 Å². The third-order valence-corrected chi connectivity index (χ3v) is 6.41. The number of pyridine rings is 1. The summed E-state index contributed by atoms with van der Waals surface area (Å²) in [5.74, 6) is 2.87. The summed E-state index contributed by atoms with van der Waals surface area (Å²) in [7, 11) is 4.70. The van der Waals surface area contributed by atoms with Crippen LogP contribution in [0, 0.1) is 0 Å². The highest BCUT2D eigenvalue weighted by molar-refractivity contribution is 6.31. The number of ether oxygens (including phenoxy) is 5. The maximum absolute atomic E-state index is 13.4. The molecule has 0 bridgehead atoms. The van der Waals surface area contributed by atoms with E-state index in [4.69, 9.17) is 35.3 Å². The van der Waals surface area contributed by atoms with Crippen LogP contribution < -0.4 is 29.1 Å². The number of nitrogens with zero attached hydrogens (tertiary/aromatic N) is 1. The first-order chi connectivity index (χ1) is 17.0. The average Bonchev–Trinajstić information content (AvgIpc) is 3.33. The van der Waals surface area contributed by atoms with E-state index in [1.54, 1.807) is 27.4 Å². The van der Waals surface area contributed by atoms with Gasteiger partial charge in [-0.05, 0) is 41.5 Å². The zero-order valence-electron chi connectivity index (χ0n) is 19.6. The molecule has 1 aromatic heterocycles. The average molecular weight is 494 g/mol. The van der Waals surface area contributed by atoms with E-state index in [1.165, 1.54) is 0 Å². The third-order valence-electron chi connectivity index (χ3n) is 6.06. The quantitative estimate of drug-likeness (QED) is 0.359. The van der Waals surface area contributed by atoms with Gasteiger partial charge in [-0.3, -0.25) is 4.79 Å². The van der Waals surface area contributed by atoms with Gasteiger partial charge in [-0.1, -0.05) is 23.7 Å². The lowest BCUT2D eigenvalue weighted by atomic mass is 10.0. The molecule has 0 aliphatic carbocycles. The number of rotatable bonds is 7. The van der Waals surface area contributed by atoms with Gasteiger partial charge in [-0.15, -0.1) is 0 Å². The number of hydrogen-bond donors (Lipinski definition) is 0. The lowest BCUT2D eigenvalue weighted by molar-refractivity contribution is 0.174. The molecule has 0 atom stereocenters. The molecule has 0 N–H and O–H groups in total. The van der Waals surface area contributed by atoms with Crippen LogP contribution in [0.3, 0.4) is 0 Å². The number of halogens is 1. The van der Waals surface area contributed by atoms with Crippen LogP contribution in [0.1, 0.15) is 16.7 Å². The first-order valence-electron chi connectivity index (χ1n) is 11.0. The molecule has 1 aliphatic rings. The molecule has 4 aromatic rings. The van der Waals surface area contributed by atoms with E-state index in [1.807, 2.05) is 53.2 Å². The van der Waals surface area contributed by atoms with Gasteiger partial charge in [0.1, 0.15) is 0 Å². The Morgan fingerprint density at radius 2 is 1.60 bits per heavy atom. The van der Waals surface area contributed by atoms with Gasteiger partial charge in [-0.25, -0.2) is 0 Å². The molecule has 35 heavy (non-hydrogen) atoms. The molecule has 0 radical (unpaired) electrons. The Hall–Kier alpha value is -3.84. The monoisotopic (exact) mass is 493 g/mol. The summed E-state index contributed by atoms with van der Waals surface area (Å²) in [6, 6.07) is 14.9. The maximum Gasteiger partial charge on any atom is 0.231 e. The van der Waals surface area contributed by atoms with E-state index >= 15 is 0 Å². The van der Waals surface area contributed by atoms with E-state index in [-0.39, 0.29) is 12.2 Å². The molecule has 180 valence electrons. The van der Waals surface area contributed by atoms with Crippen LogP contribution >= 0.6 is 11.6 Å². The maximum atomic E-state index is 13.4. The topological polar surface area (TPSA) is 68.2 Å². The Morgan fingerprint density at radius 1 is 0.914 bits per heavy atom. The van der Waals surface area contributed by atoms with Crippen molar-refractivity contribution >= 4 is 22.5 Å². The van der Waals surface area contributed by atoms with Gasteiger partial charge in [-0.2, -0.15) is 0 Å². The molecule has 0 amide bonds. The molecule has 1 aliphatic heterocycles. The molecule has 0 saturated carbocycles. The highest BCUT2D eigenvalue weighted by atomic mass is 35.5. The minimum absolute atomic E-state index is 0.0256. The minimum atomic E-state index is -0.0256. The normalized spacial score (nSPS) is 12.1. The largest absolute Gasteiger partial charge is 0.493 e. The lowest BCUT2D eigenvalue weighted by Crippen LogP contribution is -2.16. The van der Waals surface area contributed by atoms with Crippen molar-refractivity contribution in [3.8, 4) is 28.7 Å². The van der Waals surface area contributed by atoms with E-state index in [0.29, 0.717) is 57.7 Å². The van der Waals surface area contributed by atoms with Gasteiger partial charge in [0.25, 0.3) is 0 Å². The number of fused-ring (bicyclic) bond motifs is 2. The van der Waals surface area contributed by atoms with Crippen LogP contribution in [0.5, 0.6) is 28.7 Å². The zero-order chi connectivity index (χ0) is 24.5. The second-order valence-electron chi connectivity index (χ2n) is 8.14. The van der Waals surface area contributed by atoms with Crippen molar-refractivity contribution in [1.82, 2.24) is 4.57 Å². The molecule has 8 heteroatoms. The van der Waals surface area contributed by atoms with E-state index in [9.17, 15) is 4.79 Å². The molecular formula is C27H24ClNO6. The summed E-state index contributed by atoms with van der Waals surface area (Å²) < 4.78 is 29.4. The van der Waals surface area contributed by atoms with Gasteiger partial charge in [0.05, 0.1) is 26.8 Å². The highest BCUT2D eigenvalue weighted by Gasteiger charge is 2.19. The molecule has 0 saturated heterocycles. The van der Waals surface area contributed by atoms with Gasteiger partial charge in [0.2, 0.25) is 12.5 Å². The molecule has 0 unspecified atom stereocenters. The van der Waals surface area contributed by atoms with Crippen molar-refractivity contribution in [3.05, 3.63) is 86.7 Å². The lowest BCUT2D eigenvalue weighted by Gasteiger charge is -2.16. The van der Waals surface area contributed by atoms with Crippen molar-refractivity contribution in [2.75, 3.05) is 28.1 Å². The van der Waals surface area contributed by atoms with Crippen LogP contribution in [0.4, 0.5) is 0 Å². The predicted octanol–water partition coefficient (Wildman–Crippen LogP) is 5.05. The first kappa shape index (κ1) is 22.9. The Labute approximate surface area is 207 Å². The van der Waals surface area contributed by atoms with Crippen molar-refractivity contribution in [2.45, 2.75) is 13.0 Å². The van der Waals surface area contributed by atoms with E-state index in [0.717, 1.165) is 16.6 Å². The molecule has 0 spiro atoms. The predicted molar refractivity (Wildman–Crippen MR) is 134 cm³/mol. The molecule has 5 rings (SSSR count). The number of benzene rings is 3. The second kappa shape index (κ2) is 9.43. The molecular weight excluding hydrogens is 470 g/mol. The SMILES string of the molecule is COc1cc(Cc2cn(Cc3cc4c(cc3Cl)OCO4)c3ccccc3c2=O)cc(OC)c1OC. The van der Waals surface area contributed by atoms with Crippen LogP contribution in [-0.4, -0.2) is 32.7 Å². The summed E-state index contributed by atoms with van der Waals surface area (Å²) in [4.78, 5) is 13.4. The summed E-state index contributed by atoms with van der Waals surface area (Å²) >= 11 is 6.55. The molecule has 2 heterocycles. The molecule has 3 aromatic carbocycles.